The maximum Gasteiger partial charge on any atom is 0.408 e. The second-order valence-electron chi connectivity index (χ2n) is 16.7. The maximum atomic E-state index is 14.5. The van der Waals surface area contributed by atoms with Crippen molar-refractivity contribution in [3.63, 3.8) is 0 Å². The first-order valence-corrected chi connectivity index (χ1v) is 18.5. The molecule has 1 N–H and O–H groups in total. The van der Waals surface area contributed by atoms with E-state index in [9.17, 15) is 14.4 Å². The predicted octanol–water partition coefficient (Wildman–Crippen LogP) is 6.88. The number of benzene rings is 1. The smallest absolute Gasteiger partial charge is 0.408 e. The molecule has 1 aromatic carbocycles. The molecule has 8 atom stereocenters. The highest BCUT2D eigenvalue weighted by Gasteiger charge is 2.55. The van der Waals surface area contributed by atoms with Gasteiger partial charge in [-0.3, -0.25) is 9.59 Å². The molecule has 5 aliphatic rings. The van der Waals surface area contributed by atoms with Gasteiger partial charge in [0.2, 0.25) is 11.8 Å². The molecule has 48 heavy (non-hydrogen) atoms. The number of rotatable bonds is 4. The van der Waals surface area contributed by atoms with Crippen LogP contribution in [0.25, 0.3) is 10.9 Å². The molecule has 3 saturated carbocycles. The number of aromatic nitrogens is 1. The van der Waals surface area contributed by atoms with Gasteiger partial charge in [0.05, 0.1) is 24.2 Å². The standard InChI is InChI=1S/C39H53N3O6/c1-21(2)34(43)33-22(3)32-20-42(33)37(44)35(39(4,5)6)41-38(45)48-31-18-25-17-29(25)28(31)11-9-7-8-10-24-16-23-12-13-27(46-26-14-15-26)19-30(23)40-36(24)47-32/h12-13,16,19,21-22,25-26,28-29,31-33,35H,7-11,14-15,17-18,20H2,1-6H3,(H,41,45). The molecule has 260 valence electrons. The molecule has 2 aliphatic heterocycles. The largest absolute Gasteiger partial charge is 0.490 e. The highest BCUT2D eigenvalue weighted by molar-refractivity contribution is 5.94. The number of amides is 2. The monoisotopic (exact) mass is 659 g/mol. The van der Waals surface area contributed by atoms with Crippen LogP contribution in [0.2, 0.25) is 0 Å². The van der Waals surface area contributed by atoms with E-state index in [0.29, 0.717) is 23.6 Å². The van der Waals surface area contributed by atoms with Gasteiger partial charge in [-0.25, -0.2) is 9.78 Å². The first-order valence-electron chi connectivity index (χ1n) is 18.5. The molecule has 2 aromatic rings. The lowest BCUT2D eigenvalue weighted by Crippen LogP contribution is -2.58. The van der Waals surface area contributed by atoms with E-state index in [1.54, 1.807) is 4.90 Å². The maximum absolute atomic E-state index is 14.5. The van der Waals surface area contributed by atoms with Crippen molar-refractivity contribution >= 4 is 28.7 Å². The van der Waals surface area contributed by atoms with Crippen LogP contribution in [0.15, 0.2) is 24.3 Å². The van der Waals surface area contributed by atoms with Gasteiger partial charge in [0.25, 0.3) is 0 Å². The number of pyridine rings is 1. The Morgan fingerprint density at radius 1 is 1.00 bits per heavy atom. The van der Waals surface area contributed by atoms with Gasteiger partial charge in [0, 0.05) is 28.9 Å². The highest BCUT2D eigenvalue weighted by Crippen LogP contribution is 2.57. The number of carbonyl (C=O) groups is 3. The number of hydrogen-bond acceptors (Lipinski definition) is 7. The molecule has 2 amide bonds. The van der Waals surface area contributed by atoms with Crippen molar-refractivity contribution in [1.82, 2.24) is 15.2 Å². The summed E-state index contributed by atoms with van der Waals surface area (Å²) >= 11 is 0. The minimum atomic E-state index is -0.870. The van der Waals surface area contributed by atoms with Crippen molar-refractivity contribution in [3.05, 3.63) is 29.8 Å². The third-order valence-corrected chi connectivity index (χ3v) is 11.5. The number of carbonyl (C=O) groups excluding carboxylic acids is 3. The number of nitrogens with zero attached hydrogens (tertiary/aromatic N) is 2. The number of ketones is 1. The van der Waals surface area contributed by atoms with Crippen molar-refractivity contribution in [1.29, 1.82) is 0 Å². The fraction of sp³-hybridized carbons (Fsp3) is 0.692. The molecule has 9 heteroatoms. The highest BCUT2D eigenvalue weighted by atomic mass is 16.6. The zero-order valence-corrected chi connectivity index (χ0v) is 29.5. The van der Waals surface area contributed by atoms with Gasteiger partial charge in [0.15, 0.2) is 5.78 Å². The summed E-state index contributed by atoms with van der Waals surface area (Å²) in [4.78, 5) is 48.5. The SMILES string of the molecule is CC(C)C(=O)C1C(C)C2CN1C(=O)C(C(C)(C)C)NC(=O)OC1CC3CC3C1CCCCCc1cc3ccc(OC4CC4)cc3nc1O2. The summed E-state index contributed by atoms with van der Waals surface area (Å²) in [5.74, 6) is 2.19. The minimum absolute atomic E-state index is 0.00957. The molecule has 0 spiro atoms. The fourth-order valence-corrected chi connectivity index (χ4v) is 8.46. The van der Waals surface area contributed by atoms with E-state index in [2.05, 4.69) is 17.4 Å². The Balaban J connectivity index is 1.24. The van der Waals surface area contributed by atoms with Gasteiger partial charge in [-0.05, 0) is 86.3 Å². The van der Waals surface area contributed by atoms with Crippen LogP contribution in [0.3, 0.4) is 0 Å². The molecule has 2 bridgehead atoms. The fourth-order valence-electron chi connectivity index (χ4n) is 8.46. The summed E-state index contributed by atoms with van der Waals surface area (Å²) in [7, 11) is 0. The number of fused-ring (bicyclic) bond motifs is 7. The zero-order valence-electron chi connectivity index (χ0n) is 29.5. The topological polar surface area (TPSA) is 107 Å². The Kier molecular flexibility index (Phi) is 8.86. The van der Waals surface area contributed by atoms with Gasteiger partial charge < -0.3 is 24.4 Å². The van der Waals surface area contributed by atoms with Crippen molar-refractivity contribution in [2.45, 2.75) is 130 Å². The zero-order chi connectivity index (χ0) is 33.9. The Morgan fingerprint density at radius 2 is 1.79 bits per heavy atom. The van der Waals surface area contributed by atoms with Crippen LogP contribution >= 0.6 is 0 Å². The Labute approximate surface area is 284 Å². The Bertz CT molecular complexity index is 1560. The lowest BCUT2D eigenvalue weighted by molar-refractivity contribution is -0.143. The predicted molar refractivity (Wildman–Crippen MR) is 183 cm³/mol. The van der Waals surface area contributed by atoms with Gasteiger partial charge in [-0.1, -0.05) is 54.4 Å². The Morgan fingerprint density at radius 3 is 2.52 bits per heavy atom. The number of aryl methyl sites for hydroxylation is 1. The quantitative estimate of drug-likeness (QED) is 0.382. The lowest BCUT2D eigenvalue weighted by Gasteiger charge is -2.36. The summed E-state index contributed by atoms with van der Waals surface area (Å²) in [6, 6.07) is 6.74. The van der Waals surface area contributed by atoms with E-state index < -0.39 is 29.7 Å². The van der Waals surface area contributed by atoms with E-state index in [-0.39, 0.29) is 42.3 Å². The summed E-state index contributed by atoms with van der Waals surface area (Å²) < 4.78 is 19.0. The number of alkyl carbamates (subject to hydrolysis) is 1. The summed E-state index contributed by atoms with van der Waals surface area (Å²) in [6.45, 7) is 11.8. The molecule has 1 aromatic heterocycles. The van der Waals surface area contributed by atoms with Gasteiger partial charge in [0.1, 0.15) is 24.0 Å². The van der Waals surface area contributed by atoms with Crippen molar-refractivity contribution in [2.24, 2.45) is 35.0 Å². The summed E-state index contributed by atoms with van der Waals surface area (Å²) in [5.41, 5.74) is 1.24. The third kappa shape index (κ3) is 6.75. The normalized spacial score (nSPS) is 32.7. The van der Waals surface area contributed by atoms with E-state index in [1.165, 1.54) is 6.42 Å². The van der Waals surface area contributed by atoms with E-state index >= 15 is 0 Å². The van der Waals surface area contributed by atoms with Crippen LogP contribution in [0.1, 0.15) is 98.5 Å². The number of nitrogens with one attached hydrogen (secondary N) is 1. The summed E-state index contributed by atoms with van der Waals surface area (Å²) in [5, 5.41) is 4.01. The van der Waals surface area contributed by atoms with E-state index in [1.807, 2.05) is 53.7 Å². The van der Waals surface area contributed by atoms with E-state index in [4.69, 9.17) is 19.2 Å². The third-order valence-electron chi connectivity index (χ3n) is 11.5. The molecule has 7 rings (SSSR count). The van der Waals surface area contributed by atoms with Crippen LogP contribution in [0, 0.1) is 35.0 Å². The summed E-state index contributed by atoms with van der Waals surface area (Å²) in [6.07, 6.45) is 8.47. The van der Waals surface area contributed by atoms with Crippen LogP contribution in [-0.4, -0.2) is 64.6 Å². The molecular formula is C39H53N3O6. The van der Waals surface area contributed by atoms with Crippen LogP contribution in [0.4, 0.5) is 4.79 Å². The molecule has 3 heterocycles. The molecule has 0 radical (unpaired) electrons. The van der Waals surface area contributed by atoms with E-state index in [0.717, 1.165) is 73.6 Å². The van der Waals surface area contributed by atoms with Crippen molar-refractivity contribution in [2.75, 3.05) is 6.54 Å². The first kappa shape index (κ1) is 33.2. The first-order chi connectivity index (χ1) is 22.9. The molecule has 4 fully saturated rings. The van der Waals surface area contributed by atoms with Gasteiger partial charge in [-0.2, -0.15) is 0 Å². The minimum Gasteiger partial charge on any atom is -0.490 e. The second kappa shape index (κ2) is 12.8. The lowest BCUT2D eigenvalue weighted by atomic mass is 9.85. The van der Waals surface area contributed by atoms with Crippen LogP contribution in [0.5, 0.6) is 11.6 Å². The van der Waals surface area contributed by atoms with Crippen LogP contribution in [-0.2, 0) is 20.7 Å². The number of Topliss-reactive ketones (excluding diaryl/α,β-unsaturated/α-hetero) is 1. The number of hydrogen-bond donors (Lipinski definition) is 1. The number of ether oxygens (including phenoxy) is 3. The molecular weight excluding hydrogens is 606 g/mol. The average Bonchev–Trinajstić information content (AvgIpc) is 3.94. The molecule has 8 unspecified atom stereocenters. The van der Waals surface area contributed by atoms with Gasteiger partial charge >= 0.3 is 6.09 Å². The molecule has 1 saturated heterocycles. The average molecular weight is 660 g/mol. The van der Waals surface area contributed by atoms with Crippen molar-refractivity contribution in [3.8, 4) is 11.6 Å². The molecule has 9 nitrogen and oxygen atoms in total. The Hall–Kier alpha value is -3.36. The van der Waals surface area contributed by atoms with Crippen LogP contribution < -0.4 is 14.8 Å². The van der Waals surface area contributed by atoms with Crippen molar-refractivity contribution < 1.29 is 28.6 Å². The molecule has 3 aliphatic carbocycles. The second-order valence-corrected chi connectivity index (χ2v) is 16.7. The van der Waals surface area contributed by atoms with Gasteiger partial charge in [-0.15, -0.1) is 0 Å².